The minimum absolute atomic E-state index is 0.0191. The summed E-state index contributed by atoms with van der Waals surface area (Å²) in [5.41, 5.74) is 0.553. The van der Waals surface area contributed by atoms with Gasteiger partial charge in [-0.25, -0.2) is 9.59 Å². The minimum Gasteiger partial charge on any atom is -0.479 e. The highest BCUT2D eigenvalue weighted by Gasteiger charge is 2.50. The molecule has 3 rings (SSSR count). The van der Waals surface area contributed by atoms with E-state index in [1.165, 1.54) is 0 Å². The van der Waals surface area contributed by atoms with Crippen LogP contribution in [0, 0.1) is 0 Å². The molecule has 29 heavy (non-hydrogen) atoms. The lowest BCUT2D eigenvalue weighted by Crippen LogP contribution is -2.52. The number of carboxylic acid groups (broad SMARTS) is 1. The number of carbonyl (C=O) groups is 3. The van der Waals surface area contributed by atoms with Crippen LogP contribution in [0.2, 0.25) is 0 Å². The standard InChI is InChI=1S/C22H29NO6/c1-23-17-10-12-22(23,11-6-5-9-19(20(25)26)28-15-24)14-18(13-17)29-21(27)16-7-3-2-4-8-16/h2-4,7-8,15,17-19H,5-6,9-14H2,1H3,(H,25,26)/t17?,18?,19-,22?/m1/s1. The fourth-order valence-corrected chi connectivity index (χ4v) is 4.91. The summed E-state index contributed by atoms with van der Waals surface area (Å²) in [4.78, 5) is 36.4. The Balaban J connectivity index is 1.55. The van der Waals surface area contributed by atoms with Crippen molar-refractivity contribution >= 4 is 18.4 Å². The smallest absolute Gasteiger partial charge is 0.345 e. The Labute approximate surface area is 171 Å². The topological polar surface area (TPSA) is 93.1 Å². The molecule has 4 atom stereocenters. The predicted octanol–water partition coefficient (Wildman–Crippen LogP) is 3.03. The van der Waals surface area contributed by atoms with E-state index in [1.54, 1.807) is 12.1 Å². The van der Waals surface area contributed by atoms with E-state index in [9.17, 15) is 14.4 Å². The number of aliphatic carboxylic acids is 1. The van der Waals surface area contributed by atoms with Crippen LogP contribution in [0.1, 0.15) is 61.7 Å². The molecule has 7 heteroatoms. The molecule has 2 aliphatic rings. The maximum absolute atomic E-state index is 12.5. The van der Waals surface area contributed by atoms with Crippen molar-refractivity contribution in [1.82, 2.24) is 4.90 Å². The Morgan fingerprint density at radius 3 is 2.76 bits per heavy atom. The number of ether oxygens (including phenoxy) is 2. The molecule has 1 aromatic rings. The van der Waals surface area contributed by atoms with Gasteiger partial charge in [-0.1, -0.05) is 24.6 Å². The van der Waals surface area contributed by atoms with E-state index in [2.05, 4.69) is 16.7 Å². The zero-order valence-corrected chi connectivity index (χ0v) is 16.8. The van der Waals surface area contributed by atoms with Gasteiger partial charge in [0.1, 0.15) is 6.10 Å². The lowest BCUT2D eigenvalue weighted by Gasteiger charge is -2.45. The Bertz CT molecular complexity index is 723. The summed E-state index contributed by atoms with van der Waals surface area (Å²) in [5.74, 6) is -1.39. The first-order valence-electron chi connectivity index (χ1n) is 10.3. The van der Waals surface area contributed by atoms with Crippen LogP contribution in [0.5, 0.6) is 0 Å². The van der Waals surface area contributed by atoms with Gasteiger partial charge in [0.15, 0.2) is 6.10 Å². The van der Waals surface area contributed by atoms with Crippen molar-refractivity contribution in [2.75, 3.05) is 7.05 Å². The maximum Gasteiger partial charge on any atom is 0.345 e. The normalized spacial score (nSPS) is 27.2. The summed E-state index contributed by atoms with van der Waals surface area (Å²) in [6.07, 6.45) is 5.33. The van der Waals surface area contributed by atoms with Gasteiger partial charge in [-0.15, -0.1) is 0 Å². The zero-order chi connectivity index (χ0) is 20.9. The molecule has 3 unspecified atom stereocenters. The largest absolute Gasteiger partial charge is 0.479 e. The van der Waals surface area contributed by atoms with Gasteiger partial charge in [0.25, 0.3) is 6.47 Å². The Hall–Kier alpha value is -2.41. The van der Waals surface area contributed by atoms with E-state index in [-0.39, 0.29) is 24.1 Å². The first-order chi connectivity index (χ1) is 13.9. The summed E-state index contributed by atoms with van der Waals surface area (Å²) in [5, 5.41) is 9.07. The first kappa shape index (κ1) is 21.3. The van der Waals surface area contributed by atoms with Crippen LogP contribution in [0.3, 0.4) is 0 Å². The number of unbranched alkanes of at least 4 members (excludes halogenated alkanes) is 1. The zero-order valence-electron chi connectivity index (χ0n) is 16.8. The summed E-state index contributed by atoms with van der Waals surface area (Å²) in [6.45, 7) is 0.194. The van der Waals surface area contributed by atoms with E-state index < -0.39 is 12.1 Å². The SMILES string of the molecule is CN1C2CCC1(CCCC[C@@H](OC=O)C(=O)O)CC(OC(=O)c1ccccc1)C2. The molecule has 2 bridgehead atoms. The molecule has 7 nitrogen and oxygen atoms in total. The number of hydrogen-bond donors (Lipinski definition) is 1. The number of fused-ring (bicyclic) bond motifs is 2. The van der Waals surface area contributed by atoms with Crippen molar-refractivity contribution in [2.24, 2.45) is 0 Å². The molecule has 158 valence electrons. The average Bonchev–Trinajstić information content (AvgIpc) is 2.89. The van der Waals surface area contributed by atoms with Gasteiger partial charge in [0.2, 0.25) is 0 Å². The Morgan fingerprint density at radius 2 is 2.07 bits per heavy atom. The third-order valence-electron chi connectivity index (χ3n) is 6.52. The van der Waals surface area contributed by atoms with E-state index in [1.807, 2.05) is 18.2 Å². The summed E-state index contributed by atoms with van der Waals surface area (Å²) < 4.78 is 10.5. The average molecular weight is 403 g/mol. The van der Waals surface area contributed by atoms with Crippen LogP contribution in [0.4, 0.5) is 0 Å². The number of carbonyl (C=O) groups excluding carboxylic acids is 2. The quantitative estimate of drug-likeness (QED) is 0.365. The third kappa shape index (κ3) is 4.96. The Morgan fingerprint density at radius 1 is 1.31 bits per heavy atom. The third-order valence-corrected chi connectivity index (χ3v) is 6.52. The predicted molar refractivity (Wildman–Crippen MR) is 105 cm³/mol. The fraction of sp³-hybridized carbons (Fsp3) is 0.591. The van der Waals surface area contributed by atoms with Crippen molar-refractivity contribution in [3.63, 3.8) is 0 Å². The van der Waals surface area contributed by atoms with E-state index in [0.717, 1.165) is 38.5 Å². The molecule has 2 fully saturated rings. The minimum atomic E-state index is -1.11. The van der Waals surface area contributed by atoms with Crippen LogP contribution in [-0.2, 0) is 19.1 Å². The molecule has 2 aliphatic heterocycles. The number of rotatable bonds is 10. The number of nitrogens with zero attached hydrogens (tertiary/aromatic N) is 1. The summed E-state index contributed by atoms with van der Waals surface area (Å²) in [6, 6.07) is 9.47. The highest BCUT2D eigenvalue weighted by atomic mass is 16.5. The second-order valence-electron chi connectivity index (χ2n) is 8.17. The molecular weight excluding hydrogens is 374 g/mol. The van der Waals surface area contributed by atoms with E-state index in [0.29, 0.717) is 24.4 Å². The second kappa shape index (κ2) is 9.39. The summed E-state index contributed by atoms with van der Waals surface area (Å²) >= 11 is 0. The highest BCUT2D eigenvalue weighted by molar-refractivity contribution is 5.89. The van der Waals surface area contributed by atoms with Crippen LogP contribution in [0.25, 0.3) is 0 Å². The second-order valence-corrected chi connectivity index (χ2v) is 8.17. The summed E-state index contributed by atoms with van der Waals surface area (Å²) in [7, 11) is 2.14. The number of carboxylic acids is 1. The van der Waals surface area contributed by atoms with Crippen molar-refractivity contribution in [3.05, 3.63) is 35.9 Å². The monoisotopic (exact) mass is 403 g/mol. The lowest BCUT2D eigenvalue weighted by molar-refractivity contribution is -0.156. The van der Waals surface area contributed by atoms with Crippen molar-refractivity contribution in [3.8, 4) is 0 Å². The molecule has 0 saturated carbocycles. The van der Waals surface area contributed by atoms with Crippen LogP contribution < -0.4 is 0 Å². The molecule has 1 aromatic carbocycles. The molecule has 2 heterocycles. The number of hydrogen-bond acceptors (Lipinski definition) is 6. The highest BCUT2D eigenvalue weighted by Crippen LogP contribution is 2.46. The van der Waals surface area contributed by atoms with Crippen molar-refractivity contribution in [1.29, 1.82) is 0 Å². The number of benzene rings is 1. The molecule has 2 saturated heterocycles. The Kier molecular flexibility index (Phi) is 6.90. The van der Waals surface area contributed by atoms with Crippen LogP contribution in [0.15, 0.2) is 30.3 Å². The number of piperidine rings is 1. The molecule has 0 aromatic heterocycles. The molecular formula is C22H29NO6. The van der Waals surface area contributed by atoms with Gasteiger partial charge in [-0.05, 0) is 51.3 Å². The first-order valence-corrected chi connectivity index (χ1v) is 10.3. The molecule has 0 amide bonds. The molecule has 0 spiro atoms. The van der Waals surface area contributed by atoms with Crippen LogP contribution >= 0.6 is 0 Å². The van der Waals surface area contributed by atoms with Gasteiger partial charge >= 0.3 is 11.9 Å². The van der Waals surface area contributed by atoms with Gasteiger partial charge in [0, 0.05) is 24.4 Å². The van der Waals surface area contributed by atoms with E-state index in [4.69, 9.17) is 9.84 Å². The van der Waals surface area contributed by atoms with Crippen molar-refractivity contribution in [2.45, 2.75) is 75.2 Å². The van der Waals surface area contributed by atoms with Gasteiger partial charge in [-0.3, -0.25) is 9.69 Å². The fourth-order valence-electron chi connectivity index (χ4n) is 4.91. The molecule has 1 N–H and O–H groups in total. The molecule has 0 radical (unpaired) electrons. The van der Waals surface area contributed by atoms with Gasteiger partial charge in [-0.2, -0.15) is 0 Å². The van der Waals surface area contributed by atoms with Crippen LogP contribution in [-0.4, -0.2) is 59.3 Å². The van der Waals surface area contributed by atoms with Gasteiger partial charge in [0.05, 0.1) is 5.56 Å². The molecule has 0 aliphatic carbocycles. The van der Waals surface area contributed by atoms with E-state index >= 15 is 0 Å². The van der Waals surface area contributed by atoms with Gasteiger partial charge < -0.3 is 14.6 Å². The lowest BCUT2D eigenvalue weighted by atomic mass is 9.82. The van der Waals surface area contributed by atoms with Crippen molar-refractivity contribution < 1.29 is 29.0 Å². The number of esters is 1. The maximum atomic E-state index is 12.5.